The third kappa shape index (κ3) is 5.95. The first-order chi connectivity index (χ1) is 14.0. The van der Waals surface area contributed by atoms with Gasteiger partial charge in [-0.3, -0.25) is 14.8 Å². The van der Waals surface area contributed by atoms with E-state index in [1.54, 1.807) is 12.1 Å². The Kier molecular flexibility index (Phi) is 8.25. The number of nitrogens with two attached hydrogens (primary N) is 1. The highest BCUT2D eigenvalue weighted by molar-refractivity contribution is 5.86. The van der Waals surface area contributed by atoms with Gasteiger partial charge in [0.25, 0.3) is 5.91 Å². The number of hydrogen-bond acceptors (Lipinski definition) is 4. The van der Waals surface area contributed by atoms with E-state index >= 15 is 0 Å². The molecule has 4 N–H and O–H groups in total. The molecule has 6 nitrogen and oxygen atoms in total. The summed E-state index contributed by atoms with van der Waals surface area (Å²) >= 11 is 0. The number of aliphatic carboxylic acids is 1. The first-order valence-electron chi connectivity index (χ1n) is 10.2. The second kappa shape index (κ2) is 10.3. The zero-order valence-electron chi connectivity index (χ0n) is 16.9. The molecule has 0 spiro atoms. The molecular formula is C21H29F3N2O4. The number of hydrogen-bond donors (Lipinski definition) is 3. The average molecular weight is 430 g/mol. The Morgan fingerprint density at radius 1 is 1.20 bits per heavy atom. The van der Waals surface area contributed by atoms with Crippen molar-refractivity contribution >= 4 is 11.9 Å². The number of nitrogens with zero attached hydrogens (tertiary/aromatic N) is 1. The number of halogens is 3. The predicted octanol–water partition coefficient (Wildman–Crippen LogP) is 3.68. The molecule has 9 heteroatoms. The van der Waals surface area contributed by atoms with Crippen molar-refractivity contribution in [2.24, 2.45) is 17.6 Å². The lowest BCUT2D eigenvalue weighted by atomic mass is 9.82. The second-order valence-corrected chi connectivity index (χ2v) is 8.00. The van der Waals surface area contributed by atoms with E-state index in [0.29, 0.717) is 12.8 Å². The SMILES string of the molecule is Cc1ccccc1CC[C@@H](C(=O)N(O)C(C1CCCCC1)C(F)(F)F)C(N)C(=O)O. The van der Waals surface area contributed by atoms with Crippen LogP contribution in [-0.2, 0) is 16.0 Å². The summed E-state index contributed by atoms with van der Waals surface area (Å²) in [6.07, 6.45) is -2.21. The topological polar surface area (TPSA) is 104 Å². The molecule has 1 amide bonds. The van der Waals surface area contributed by atoms with Crippen LogP contribution in [0.3, 0.4) is 0 Å². The van der Waals surface area contributed by atoms with Crippen LogP contribution in [-0.4, -0.2) is 45.5 Å². The molecule has 0 saturated heterocycles. The van der Waals surface area contributed by atoms with Crippen LogP contribution in [0.2, 0.25) is 0 Å². The zero-order valence-corrected chi connectivity index (χ0v) is 16.9. The van der Waals surface area contributed by atoms with Gasteiger partial charge in [0.2, 0.25) is 0 Å². The largest absolute Gasteiger partial charge is 0.480 e. The molecule has 1 aliphatic carbocycles. The van der Waals surface area contributed by atoms with Crippen molar-refractivity contribution in [1.82, 2.24) is 5.06 Å². The fourth-order valence-corrected chi connectivity index (χ4v) is 4.19. The van der Waals surface area contributed by atoms with Crippen LogP contribution in [0.25, 0.3) is 0 Å². The average Bonchev–Trinajstić information content (AvgIpc) is 2.68. The van der Waals surface area contributed by atoms with Crippen LogP contribution in [0.15, 0.2) is 24.3 Å². The first kappa shape index (κ1) is 24.1. The summed E-state index contributed by atoms with van der Waals surface area (Å²) in [4.78, 5) is 24.3. The maximum absolute atomic E-state index is 13.7. The summed E-state index contributed by atoms with van der Waals surface area (Å²) < 4.78 is 41.2. The van der Waals surface area contributed by atoms with Crippen molar-refractivity contribution in [1.29, 1.82) is 0 Å². The van der Waals surface area contributed by atoms with Gasteiger partial charge in [0.1, 0.15) is 6.04 Å². The first-order valence-corrected chi connectivity index (χ1v) is 10.2. The molecule has 2 unspecified atom stereocenters. The maximum atomic E-state index is 13.7. The van der Waals surface area contributed by atoms with Gasteiger partial charge in [-0.1, -0.05) is 43.5 Å². The van der Waals surface area contributed by atoms with E-state index < -0.39 is 42.0 Å². The van der Waals surface area contributed by atoms with E-state index in [4.69, 9.17) is 5.73 Å². The van der Waals surface area contributed by atoms with Crippen molar-refractivity contribution in [2.45, 2.75) is 70.1 Å². The molecule has 1 saturated carbocycles. The number of carbonyl (C=O) groups excluding carboxylic acids is 1. The van der Waals surface area contributed by atoms with Gasteiger partial charge in [0.15, 0.2) is 6.04 Å². The van der Waals surface area contributed by atoms with Gasteiger partial charge in [-0.05, 0) is 49.7 Å². The van der Waals surface area contributed by atoms with Crippen molar-refractivity contribution in [3.8, 4) is 0 Å². The van der Waals surface area contributed by atoms with Crippen LogP contribution in [0, 0.1) is 18.8 Å². The van der Waals surface area contributed by atoms with E-state index in [2.05, 4.69) is 0 Å². The summed E-state index contributed by atoms with van der Waals surface area (Å²) in [5.41, 5.74) is 7.39. The highest BCUT2D eigenvalue weighted by Gasteiger charge is 2.51. The van der Waals surface area contributed by atoms with Gasteiger partial charge in [0, 0.05) is 0 Å². The van der Waals surface area contributed by atoms with Gasteiger partial charge in [-0.2, -0.15) is 13.2 Å². The number of hydroxylamine groups is 2. The van der Waals surface area contributed by atoms with Gasteiger partial charge < -0.3 is 10.8 Å². The number of carboxylic acid groups (broad SMARTS) is 1. The summed E-state index contributed by atoms with van der Waals surface area (Å²) in [6.45, 7) is 1.84. The number of amides is 1. The van der Waals surface area contributed by atoms with Crippen molar-refractivity contribution < 1.29 is 33.1 Å². The van der Waals surface area contributed by atoms with Gasteiger partial charge in [0.05, 0.1) is 5.92 Å². The number of alkyl halides is 3. The van der Waals surface area contributed by atoms with Crippen LogP contribution in [0.5, 0.6) is 0 Å². The Morgan fingerprint density at radius 2 is 1.80 bits per heavy atom. The standard InChI is InChI=1S/C21H29F3N2O4/c1-13-7-5-6-8-14(13)11-12-16(17(25)20(28)29)19(27)26(30)18(21(22,23)24)15-9-3-2-4-10-15/h5-8,15-18,30H,2-4,9-12,25H2,1H3,(H,28,29)/t16-,17?,18?/m1/s1. The van der Waals surface area contributed by atoms with E-state index in [-0.39, 0.29) is 30.7 Å². The van der Waals surface area contributed by atoms with E-state index in [1.807, 2.05) is 19.1 Å². The van der Waals surface area contributed by atoms with E-state index in [1.165, 1.54) is 0 Å². The number of rotatable bonds is 8. The number of carboxylic acids is 1. The number of aryl methyl sites for hydroxylation is 2. The third-order valence-corrected chi connectivity index (χ3v) is 5.94. The molecular weight excluding hydrogens is 401 g/mol. The van der Waals surface area contributed by atoms with Gasteiger partial charge >= 0.3 is 12.1 Å². The van der Waals surface area contributed by atoms with Crippen LogP contribution in [0.4, 0.5) is 13.2 Å². The highest BCUT2D eigenvalue weighted by atomic mass is 19.4. The lowest BCUT2D eigenvalue weighted by Gasteiger charge is -2.37. The minimum absolute atomic E-state index is 0.0938. The summed E-state index contributed by atoms with van der Waals surface area (Å²) in [7, 11) is 0. The third-order valence-electron chi connectivity index (χ3n) is 5.94. The molecule has 0 heterocycles. The van der Waals surface area contributed by atoms with Crippen LogP contribution in [0.1, 0.15) is 49.7 Å². The molecule has 1 aliphatic rings. The number of carbonyl (C=O) groups is 2. The Labute approximate surface area is 173 Å². The molecule has 1 aromatic carbocycles. The molecule has 0 bridgehead atoms. The fraction of sp³-hybridized carbons (Fsp3) is 0.619. The van der Waals surface area contributed by atoms with Crippen LogP contribution >= 0.6 is 0 Å². The molecule has 0 aromatic heterocycles. The fourth-order valence-electron chi connectivity index (χ4n) is 4.19. The summed E-state index contributed by atoms with van der Waals surface area (Å²) in [5.74, 6) is -5.22. The summed E-state index contributed by atoms with van der Waals surface area (Å²) in [6, 6.07) is 3.13. The van der Waals surface area contributed by atoms with Gasteiger partial charge in [-0.25, -0.2) is 5.06 Å². The van der Waals surface area contributed by atoms with Crippen molar-refractivity contribution in [3.05, 3.63) is 35.4 Å². The van der Waals surface area contributed by atoms with Crippen molar-refractivity contribution in [2.75, 3.05) is 0 Å². The van der Waals surface area contributed by atoms with Gasteiger partial charge in [-0.15, -0.1) is 0 Å². The van der Waals surface area contributed by atoms with Crippen molar-refractivity contribution in [3.63, 3.8) is 0 Å². The molecule has 0 radical (unpaired) electrons. The molecule has 1 fully saturated rings. The lowest BCUT2D eigenvalue weighted by molar-refractivity contribution is -0.263. The Morgan fingerprint density at radius 3 is 2.33 bits per heavy atom. The quantitative estimate of drug-likeness (QED) is 0.431. The Bertz CT molecular complexity index is 735. The Balaban J connectivity index is 2.25. The second-order valence-electron chi connectivity index (χ2n) is 8.00. The molecule has 2 rings (SSSR count). The van der Waals surface area contributed by atoms with Crippen LogP contribution < -0.4 is 5.73 Å². The molecule has 0 aliphatic heterocycles. The minimum atomic E-state index is -4.83. The maximum Gasteiger partial charge on any atom is 0.411 e. The monoisotopic (exact) mass is 430 g/mol. The predicted molar refractivity (Wildman–Crippen MR) is 104 cm³/mol. The highest BCUT2D eigenvalue weighted by Crippen LogP contribution is 2.38. The van der Waals surface area contributed by atoms with E-state index in [9.17, 15) is 33.1 Å². The Hall–Kier alpha value is -2.13. The summed E-state index contributed by atoms with van der Waals surface area (Å²) in [5, 5.41) is 19.3. The zero-order chi connectivity index (χ0) is 22.5. The molecule has 168 valence electrons. The molecule has 1 aromatic rings. The lowest BCUT2D eigenvalue weighted by Crippen LogP contribution is -2.56. The number of benzene rings is 1. The smallest absolute Gasteiger partial charge is 0.411 e. The molecule has 3 atom stereocenters. The minimum Gasteiger partial charge on any atom is -0.480 e. The normalized spacial score (nSPS) is 18.5. The molecule has 30 heavy (non-hydrogen) atoms. The van der Waals surface area contributed by atoms with E-state index in [0.717, 1.165) is 17.5 Å².